The van der Waals surface area contributed by atoms with Crippen LogP contribution in [0.3, 0.4) is 0 Å². The van der Waals surface area contributed by atoms with E-state index in [1.54, 1.807) is 0 Å². The normalized spacial score (nSPS) is 17.9. The van der Waals surface area contributed by atoms with Crippen LogP contribution in [0.2, 0.25) is 0 Å². The molecule has 0 amide bonds. The Morgan fingerprint density at radius 3 is 2.88 bits per heavy atom. The maximum atomic E-state index is 6.10. The van der Waals surface area contributed by atoms with E-state index in [-0.39, 0.29) is 5.54 Å². The Kier molecular flexibility index (Phi) is 2.08. The van der Waals surface area contributed by atoms with Crippen molar-refractivity contribution in [2.75, 3.05) is 0 Å². The van der Waals surface area contributed by atoms with Gasteiger partial charge in [-0.2, -0.15) is 0 Å². The van der Waals surface area contributed by atoms with Crippen molar-refractivity contribution in [2.24, 2.45) is 5.73 Å². The van der Waals surface area contributed by atoms with Crippen LogP contribution < -0.4 is 5.73 Å². The van der Waals surface area contributed by atoms with Gasteiger partial charge in [0.2, 0.25) is 0 Å². The molecule has 2 nitrogen and oxygen atoms in total. The number of aromatic nitrogens is 1. The molecule has 3 N–H and O–H groups in total. The van der Waals surface area contributed by atoms with Crippen molar-refractivity contribution < 1.29 is 0 Å². The number of aromatic amines is 1. The molecule has 1 saturated carbocycles. The highest BCUT2D eigenvalue weighted by Gasteiger charge is 2.37. The first kappa shape index (κ1) is 9.91. The molecule has 0 atom stereocenters. The van der Waals surface area contributed by atoms with E-state index in [0.717, 1.165) is 12.8 Å². The Hall–Kier alpha value is -1.28. The Labute approximate surface area is 95.8 Å². The summed E-state index contributed by atoms with van der Waals surface area (Å²) in [5.41, 5.74) is 10.1. The number of benzene rings is 1. The lowest BCUT2D eigenvalue weighted by molar-refractivity contribution is 0.605. The summed E-state index contributed by atoms with van der Waals surface area (Å²) >= 11 is 0. The van der Waals surface area contributed by atoms with E-state index in [9.17, 15) is 0 Å². The first-order valence-corrected chi connectivity index (χ1v) is 6.02. The maximum Gasteiger partial charge on any atom is 0.0456 e. The molecule has 0 aliphatic heterocycles. The molecule has 84 valence electrons. The van der Waals surface area contributed by atoms with Gasteiger partial charge in [0.25, 0.3) is 0 Å². The van der Waals surface area contributed by atoms with Gasteiger partial charge in [0, 0.05) is 16.7 Å². The first-order chi connectivity index (χ1) is 7.65. The molecule has 2 heteroatoms. The van der Waals surface area contributed by atoms with Crippen molar-refractivity contribution in [1.82, 2.24) is 4.98 Å². The Morgan fingerprint density at radius 1 is 1.31 bits per heavy atom. The van der Waals surface area contributed by atoms with E-state index in [2.05, 4.69) is 36.2 Å². The number of hydrogen-bond acceptors (Lipinski definition) is 1. The summed E-state index contributed by atoms with van der Waals surface area (Å²) in [6.45, 7) is 2.13. The lowest BCUT2D eigenvalue weighted by Gasteiger charge is -2.05. The van der Waals surface area contributed by atoms with Crippen molar-refractivity contribution in [1.29, 1.82) is 0 Å². The minimum atomic E-state index is 0.160. The predicted molar refractivity (Wildman–Crippen MR) is 67.5 cm³/mol. The average Bonchev–Trinajstić information content (AvgIpc) is 2.85. The summed E-state index contributed by atoms with van der Waals surface area (Å²) < 4.78 is 0. The van der Waals surface area contributed by atoms with Gasteiger partial charge in [-0.05, 0) is 56.2 Å². The summed E-state index contributed by atoms with van der Waals surface area (Å²) in [5, 5.41) is 1.32. The third-order valence-corrected chi connectivity index (χ3v) is 3.62. The molecule has 1 aliphatic rings. The van der Waals surface area contributed by atoms with Crippen molar-refractivity contribution in [3.05, 3.63) is 35.5 Å². The summed E-state index contributed by atoms with van der Waals surface area (Å²) in [6.07, 6.45) is 4.59. The highest BCUT2D eigenvalue weighted by molar-refractivity contribution is 5.81. The van der Waals surface area contributed by atoms with Crippen molar-refractivity contribution in [3.8, 4) is 0 Å². The summed E-state index contributed by atoms with van der Waals surface area (Å²) in [7, 11) is 0. The third kappa shape index (κ3) is 1.85. The summed E-state index contributed by atoms with van der Waals surface area (Å²) in [4.78, 5) is 3.47. The zero-order chi connectivity index (χ0) is 11.2. The molecule has 1 aromatic carbocycles. The maximum absolute atomic E-state index is 6.10. The van der Waals surface area contributed by atoms with E-state index >= 15 is 0 Å². The molecule has 0 spiro atoms. The van der Waals surface area contributed by atoms with Crippen LogP contribution in [-0.2, 0) is 6.42 Å². The van der Waals surface area contributed by atoms with Crippen molar-refractivity contribution in [2.45, 2.75) is 38.1 Å². The van der Waals surface area contributed by atoms with E-state index in [1.807, 2.05) is 0 Å². The van der Waals surface area contributed by atoms with Crippen LogP contribution in [0.25, 0.3) is 10.9 Å². The van der Waals surface area contributed by atoms with Gasteiger partial charge in [-0.3, -0.25) is 0 Å². The van der Waals surface area contributed by atoms with Gasteiger partial charge in [-0.25, -0.2) is 0 Å². The van der Waals surface area contributed by atoms with Crippen LogP contribution in [0, 0.1) is 6.92 Å². The SMILES string of the molecule is Cc1ccc2[nH]c(CCC3(N)CC3)cc2c1. The van der Waals surface area contributed by atoms with Gasteiger partial charge in [0.05, 0.1) is 0 Å². The number of rotatable bonds is 3. The molecule has 1 aromatic heterocycles. The lowest BCUT2D eigenvalue weighted by Crippen LogP contribution is -2.22. The van der Waals surface area contributed by atoms with E-state index in [4.69, 9.17) is 5.73 Å². The predicted octanol–water partition coefficient (Wildman–Crippen LogP) is 2.90. The van der Waals surface area contributed by atoms with E-state index < -0.39 is 0 Å². The van der Waals surface area contributed by atoms with Gasteiger partial charge < -0.3 is 10.7 Å². The van der Waals surface area contributed by atoms with Gasteiger partial charge in [0.15, 0.2) is 0 Å². The number of hydrogen-bond donors (Lipinski definition) is 2. The smallest absolute Gasteiger partial charge is 0.0456 e. The molecule has 0 unspecified atom stereocenters. The molecule has 2 aromatic rings. The molecular formula is C14H18N2. The van der Waals surface area contributed by atoms with Crippen molar-refractivity contribution in [3.63, 3.8) is 0 Å². The van der Waals surface area contributed by atoms with Crippen LogP contribution in [0.1, 0.15) is 30.5 Å². The minimum absolute atomic E-state index is 0.160. The van der Waals surface area contributed by atoms with Crippen LogP contribution in [-0.4, -0.2) is 10.5 Å². The molecule has 16 heavy (non-hydrogen) atoms. The van der Waals surface area contributed by atoms with Gasteiger partial charge in [-0.15, -0.1) is 0 Å². The Balaban J connectivity index is 1.82. The monoisotopic (exact) mass is 214 g/mol. The molecule has 0 bridgehead atoms. The second-order valence-corrected chi connectivity index (χ2v) is 5.25. The lowest BCUT2D eigenvalue weighted by atomic mass is 10.1. The largest absolute Gasteiger partial charge is 0.358 e. The van der Waals surface area contributed by atoms with E-state index in [1.165, 1.54) is 35.0 Å². The fourth-order valence-electron chi connectivity index (χ4n) is 2.24. The standard InChI is InChI=1S/C14H18N2/c1-10-2-3-13-11(8-10)9-12(16-13)4-5-14(15)6-7-14/h2-3,8-9,16H,4-7,15H2,1H3. The quantitative estimate of drug-likeness (QED) is 0.810. The summed E-state index contributed by atoms with van der Waals surface area (Å²) in [6, 6.07) is 8.79. The molecule has 0 radical (unpaired) electrons. The summed E-state index contributed by atoms with van der Waals surface area (Å²) in [5.74, 6) is 0. The van der Waals surface area contributed by atoms with Crippen LogP contribution in [0.4, 0.5) is 0 Å². The van der Waals surface area contributed by atoms with Crippen LogP contribution in [0.15, 0.2) is 24.3 Å². The number of aryl methyl sites for hydroxylation is 2. The van der Waals surface area contributed by atoms with Gasteiger partial charge in [-0.1, -0.05) is 11.6 Å². The Morgan fingerprint density at radius 2 is 2.12 bits per heavy atom. The van der Waals surface area contributed by atoms with Crippen LogP contribution >= 0.6 is 0 Å². The zero-order valence-electron chi connectivity index (χ0n) is 9.72. The average molecular weight is 214 g/mol. The second-order valence-electron chi connectivity index (χ2n) is 5.25. The molecule has 0 saturated heterocycles. The second kappa shape index (κ2) is 3.36. The molecule has 1 heterocycles. The number of fused-ring (bicyclic) bond motifs is 1. The fraction of sp³-hybridized carbons (Fsp3) is 0.429. The number of nitrogens with two attached hydrogens (primary N) is 1. The topological polar surface area (TPSA) is 41.8 Å². The fourth-order valence-corrected chi connectivity index (χ4v) is 2.24. The number of H-pyrrole nitrogens is 1. The molecule has 1 fully saturated rings. The van der Waals surface area contributed by atoms with E-state index in [0.29, 0.717) is 0 Å². The zero-order valence-corrected chi connectivity index (χ0v) is 9.72. The molecule has 3 rings (SSSR count). The highest BCUT2D eigenvalue weighted by Crippen LogP contribution is 2.36. The first-order valence-electron chi connectivity index (χ1n) is 6.02. The van der Waals surface area contributed by atoms with Crippen LogP contribution in [0.5, 0.6) is 0 Å². The number of nitrogens with one attached hydrogen (secondary N) is 1. The van der Waals surface area contributed by atoms with Gasteiger partial charge >= 0.3 is 0 Å². The Bertz CT molecular complexity index is 521. The van der Waals surface area contributed by atoms with Gasteiger partial charge in [0.1, 0.15) is 0 Å². The third-order valence-electron chi connectivity index (χ3n) is 3.62. The van der Waals surface area contributed by atoms with Crippen molar-refractivity contribution >= 4 is 10.9 Å². The highest BCUT2D eigenvalue weighted by atomic mass is 14.8. The molecule has 1 aliphatic carbocycles. The molecular weight excluding hydrogens is 196 g/mol. The minimum Gasteiger partial charge on any atom is -0.358 e.